The van der Waals surface area contributed by atoms with Crippen molar-refractivity contribution in [1.82, 2.24) is 14.5 Å². The maximum atomic E-state index is 13.3. The molecule has 0 atom stereocenters. The summed E-state index contributed by atoms with van der Waals surface area (Å²) in [5.74, 6) is -1.31. The maximum Gasteiger partial charge on any atom is 0.355 e. The van der Waals surface area contributed by atoms with E-state index in [0.717, 1.165) is 11.0 Å². The monoisotopic (exact) mass is 410 g/mol. The molecule has 1 amide bonds. The molecule has 0 radical (unpaired) electrons. The average molecular weight is 410 g/mol. The molecule has 4 aromatic rings. The minimum Gasteiger partial charge on any atom is -0.476 e. The fraction of sp³-hybridized carbons (Fsp3) is 0.100. The first-order valence-corrected chi connectivity index (χ1v) is 9.59. The SMILES string of the molecule is O=C(CCn1c(-c2nc(C(=O)O)cs2)nc2ccccc21)Nc1cccc(F)c1. The number of rotatable bonds is 6. The minimum atomic E-state index is -1.11. The fourth-order valence-corrected chi connectivity index (χ4v) is 3.73. The molecule has 2 aromatic carbocycles. The van der Waals surface area contributed by atoms with Crippen molar-refractivity contribution >= 4 is 39.9 Å². The van der Waals surface area contributed by atoms with Gasteiger partial charge in [-0.05, 0) is 30.3 Å². The number of para-hydroxylation sites is 2. The highest BCUT2D eigenvalue weighted by Crippen LogP contribution is 2.28. The van der Waals surface area contributed by atoms with Crippen molar-refractivity contribution in [2.75, 3.05) is 5.32 Å². The van der Waals surface area contributed by atoms with Crippen LogP contribution in [0.3, 0.4) is 0 Å². The third-order valence-electron chi connectivity index (χ3n) is 4.24. The summed E-state index contributed by atoms with van der Waals surface area (Å²) in [6.45, 7) is 0.305. The van der Waals surface area contributed by atoms with E-state index in [4.69, 9.17) is 5.11 Å². The second-order valence-electron chi connectivity index (χ2n) is 6.23. The Labute approximate surface area is 168 Å². The number of hydrogen-bond donors (Lipinski definition) is 2. The molecule has 146 valence electrons. The van der Waals surface area contributed by atoms with Crippen LogP contribution in [-0.4, -0.2) is 31.5 Å². The smallest absolute Gasteiger partial charge is 0.355 e. The van der Waals surface area contributed by atoms with Crippen molar-refractivity contribution in [3.05, 3.63) is 65.4 Å². The van der Waals surface area contributed by atoms with E-state index in [0.29, 0.717) is 23.1 Å². The summed E-state index contributed by atoms with van der Waals surface area (Å²) >= 11 is 1.18. The van der Waals surface area contributed by atoms with E-state index in [1.54, 1.807) is 6.07 Å². The number of fused-ring (bicyclic) bond motifs is 1. The van der Waals surface area contributed by atoms with Gasteiger partial charge in [0.25, 0.3) is 0 Å². The predicted molar refractivity (Wildman–Crippen MR) is 107 cm³/mol. The Kier molecular flexibility index (Phi) is 5.05. The number of halogens is 1. The van der Waals surface area contributed by atoms with E-state index in [9.17, 15) is 14.0 Å². The molecule has 2 heterocycles. The second-order valence-corrected chi connectivity index (χ2v) is 7.09. The average Bonchev–Trinajstić information content (AvgIpc) is 3.31. The van der Waals surface area contributed by atoms with Crippen molar-refractivity contribution in [3.63, 3.8) is 0 Å². The van der Waals surface area contributed by atoms with Gasteiger partial charge in [0, 0.05) is 24.0 Å². The number of carbonyl (C=O) groups is 2. The van der Waals surface area contributed by atoms with Crippen LogP contribution in [0.2, 0.25) is 0 Å². The van der Waals surface area contributed by atoms with Crippen molar-refractivity contribution in [3.8, 4) is 10.8 Å². The van der Waals surface area contributed by atoms with Crippen LogP contribution in [-0.2, 0) is 11.3 Å². The standard InChI is InChI=1S/C20H15FN4O3S/c21-12-4-3-5-13(10-12)22-17(26)8-9-25-16-7-2-1-6-14(16)23-18(25)19-24-15(11-29-19)20(27)28/h1-7,10-11H,8-9H2,(H,22,26)(H,27,28). The molecule has 0 aliphatic carbocycles. The molecule has 0 aliphatic rings. The lowest BCUT2D eigenvalue weighted by molar-refractivity contribution is -0.116. The second kappa shape index (κ2) is 7.80. The number of aromatic nitrogens is 3. The van der Waals surface area contributed by atoms with Crippen molar-refractivity contribution < 1.29 is 19.1 Å². The summed E-state index contributed by atoms with van der Waals surface area (Å²) in [4.78, 5) is 32.2. The maximum absolute atomic E-state index is 13.3. The molecule has 2 aromatic heterocycles. The number of amides is 1. The molecule has 0 fully saturated rings. The number of imidazole rings is 1. The Morgan fingerprint density at radius 1 is 1.14 bits per heavy atom. The van der Waals surface area contributed by atoms with E-state index in [1.807, 2.05) is 28.8 Å². The number of carbonyl (C=O) groups excluding carboxylic acids is 1. The van der Waals surface area contributed by atoms with E-state index in [-0.39, 0.29) is 18.0 Å². The number of aryl methyl sites for hydroxylation is 1. The predicted octanol–water partition coefficient (Wildman–Crippen LogP) is 4.03. The third-order valence-corrected chi connectivity index (χ3v) is 5.08. The first kappa shape index (κ1) is 18.8. The molecular formula is C20H15FN4O3S. The van der Waals surface area contributed by atoms with E-state index in [1.165, 1.54) is 34.9 Å². The highest BCUT2D eigenvalue weighted by molar-refractivity contribution is 7.13. The van der Waals surface area contributed by atoms with Gasteiger partial charge in [-0.1, -0.05) is 18.2 Å². The lowest BCUT2D eigenvalue weighted by Crippen LogP contribution is -2.15. The van der Waals surface area contributed by atoms with Gasteiger partial charge < -0.3 is 15.0 Å². The van der Waals surface area contributed by atoms with Gasteiger partial charge >= 0.3 is 5.97 Å². The number of thiazole rings is 1. The quantitative estimate of drug-likeness (QED) is 0.500. The molecule has 0 spiro atoms. The van der Waals surface area contributed by atoms with Crippen LogP contribution in [0.25, 0.3) is 21.9 Å². The largest absolute Gasteiger partial charge is 0.476 e. The Balaban J connectivity index is 1.60. The van der Waals surface area contributed by atoms with Crippen LogP contribution in [0, 0.1) is 5.82 Å². The van der Waals surface area contributed by atoms with Crippen molar-refractivity contribution in [2.45, 2.75) is 13.0 Å². The van der Waals surface area contributed by atoms with Crippen LogP contribution < -0.4 is 5.32 Å². The first-order chi connectivity index (χ1) is 14.0. The number of hydrogen-bond acceptors (Lipinski definition) is 5. The number of aromatic carboxylic acids is 1. The molecular weight excluding hydrogens is 395 g/mol. The van der Waals surface area contributed by atoms with E-state index < -0.39 is 11.8 Å². The Bertz CT molecular complexity index is 1220. The molecule has 0 unspecified atom stereocenters. The number of nitrogens with zero attached hydrogens (tertiary/aromatic N) is 3. The van der Waals surface area contributed by atoms with Gasteiger partial charge in [-0.15, -0.1) is 11.3 Å². The summed E-state index contributed by atoms with van der Waals surface area (Å²) in [5, 5.41) is 13.7. The van der Waals surface area contributed by atoms with Gasteiger partial charge in [-0.3, -0.25) is 4.79 Å². The number of anilines is 1. The summed E-state index contributed by atoms with van der Waals surface area (Å²) < 4.78 is 15.1. The van der Waals surface area contributed by atoms with Crippen LogP contribution in [0.15, 0.2) is 53.9 Å². The highest BCUT2D eigenvalue weighted by Gasteiger charge is 2.18. The normalized spacial score (nSPS) is 10.9. The fourth-order valence-electron chi connectivity index (χ4n) is 2.94. The number of carboxylic acids is 1. The van der Waals surface area contributed by atoms with Gasteiger partial charge in [0.2, 0.25) is 5.91 Å². The number of carboxylic acid groups (broad SMARTS) is 1. The van der Waals surface area contributed by atoms with Crippen molar-refractivity contribution in [1.29, 1.82) is 0 Å². The zero-order valence-corrected chi connectivity index (χ0v) is 15.8. The van der Waals surface area contributed by atoms with E-state index in [2.05, 4.69) is 15.3 Å². The topological polar surface area (TPSA) is 97.1 Å². The van der Waals surface area contributed by atoms with Gasteiger partial charge in [-0.25, -0.2) is 19.2 Å². The minimum absolute atomic E-state index is 0.0487. The molecule has 7 nitrogen and oxygen atoms in total. The molecule has 4 rings (SSSR count). The summed E-state index contributed by atoms with van der Waals surface area (Å²) in [6.07, 6.45) is 0.126. The molecule has 29 heavy (non-hydrogen) atoms. The molecule has 2 N–H and O–H groups in total. The van der Waals surface area contributed by atoms with Crippen LogP contribution in [0.5, 0.6) is 0 Å². The van der Waals surface area contributed by atoms with Gasteiger partial charge in [0.05, 0.1) is 11.0 Å². The van der Waals surface area contributed by atoms with Gasteiger partial charge in [0.1, 0.15) is 5.82 Å². The molecule has 0 saturated heterocycles. The zero-order valence-electron chi connectivity index (χ0n) is 15.0. The Morgan fingerprint density at radius 3 is 2.72 bits per heavy atom. The zero-order chi connectivity index (χ0) is 20.4. The highest BCUT2D eigenvalue weighted by atomic mass is 32.1. The Morgan fingerprint density at radius 2 is 1.97 bits per heavy atom. The van der Waals surface area contributed by atoms with Crippen LogP contribution >= 0.6 is 11.3 Å². The summed E-state index contributed by atoms with van der Waals surface area (Å²) in [7, 11) is 0. The summed E-state index contributed by atoms with van der Waals surface area (Å²) in [6, 6.07) is 13.1. The third kappa shape index (κ3) is 3.99. The molecule has 0 bridgehead atoms. The first-order valence-electron chi connectivity index (χ1n) is 8.71. The van der Waals surface area contributed by atoms with Gasteiger partial charge in [-0.2, -0.15) is 0 Å². The Hall–Kier alpha value is -3.59. The van der Waals surface area contributed by atoms with Crippen LogP contribution in [0.4, 0.5) is 10.1 Å². The number of benzene rings is 2. The molecule has 9 heteroatoms. The van der Waals surface area contributed by atoms with Gasteiger partial charge in [0.15, 0.2) is 16.5 Å². The lowest BCUT2D eigenvalue weighted by atomic mass is 10.3. The lowest BCUT2D eigenvalue weighted by Gasteiger charge is -2.09. The van der Waals surface area contributed by atoms with Crippen molar-refractivity contribution in [2.24, 2.45) is 0 Å². The molecule has 0 saturated carbocycles. The number of nitrogens with one attached hydrogen (secondary N) is 1. The van der Waals surface area contributed by atoms with Crippen LogP contribution in [0.1, 0.15) is 16.9 Å². The van der Waals surface area contributed by atoms with E-state index >= 15 is 0 Å². The molecule has 0 aliphatic heterocycles. The summed E-state index contributed by atoms with van der Waals surface area (Å²) in [5.41, 5.74) is 1.87.